The van der Waals surface area contributed by atoms with Crippen molar-refractivity contribution in [1.29, 1.82) is 0 Å². The first-order valence-corrected chi connectivity index (χ1v) is 10.9. The third-order valence-corrected chi connectivity index (χ3v) is 6.11. The number of rotatable bonds is 6. The summed E-state index contributed by atoms with van der Waals surface area (Å²) >= 11 is 1.36. The van der Waals surface area contributed by atoms with Crippen LogP contribution in [0.2, 0.25) is 0 Å². The van der Waals surface area contributed by atoms with E-state index in [9.17, 15) is 14.0 Å². The van der Waals surface area contributed by atoms with Crippen LogP contribution in [0.25, 0.3) is 5.69 Å². The number of imidazole rings is 1. The predicted octanol–water partition coefficient (Wildman–Crippen LogP) is 3.93. The van der Waals surface area contributed by atoms with Crippen LogP contribution in [0.15, 0.2) is 35.6 Å². The van der Waals surface area contributed by atoms with E-state index in [1.54, 1.807) is 28.6 Å². The topological polar surface area (TPSA) is 64.4 Å². The summed E-state index contributed by atoms with van der Waals surface area (Å²) in [5.74, 6) is -0.517. The first-order chi connectivity index (χ1) is 13.9. The van der Waals surface area contributed by atoms with Gasteiger partial charge in [-0.05, 0) is 62.1 Å². The number of likely N-dealkylation sites (N-methyl/N-ethyl adjacent to an activating group) is 1. The number of aromatic nitrogens is 2. The van der Waals surface area contributed by atoms with Gasteiger partial charge in [-0.15, -0.1) is 0 Å². The third kappa shape index (κ3) is 4.98. The number of carbonyl (C=O) groups excluding carboxylic acids is 2. The average molecular weight is 420 g/mol. The van der Waals surface area contributed by atoms with Gasteiger partial charge in [0.25, 0.3) is 5.91 Å². The number of hydrogen-bond acceptors (Lipinski definition) is 5. The highest BCUT2D eigenvalue weighted by molar-refractivity contribution is 7.98. The fourth-order valence-corrected chi connectivity index (χ4v) is 4.14. The molecule has 3 rings (SSSR count). The van der Waals surface area contributed by atoms with Gasteiger partial charge in [-0.2, -0.15) is 0 Å². The largest absolute Gasteiger partial charge is 0.451 e. The van der Waals surface area contributed by atoms with Crippen LogP contribution in [-0.2, 0) is 9.53 Å². The molecule has 1 amide bonds. The van der Waals surface area contributed by atoms with Crippen molar-refractivity contribution in [2.75, 3.05) is 19.9 Å². The summed E-state index contributed by atoms with van der Waals surface area (Å²) in [5.41, 5.74) is 0.794. The van der Waals surface area contributed by atoms with Gasteiger partial charge in [-0.3, -0.25) is 9.36 Å². The molecule has 0 atom stereocenters. The number of benzene rings is 1. The summed E-state index contributed by atoms with van der Waals surface area (Å²) in [6, 6.07) is 5.97. The Labute approximate surface area is 174 Å². The Morgan fingerprint density at radius 2 is 1.90 bits per heavy atom. The zero-order valence-corrected chi connectivity index (χ0v) is 17.7. The lowest BCUT2D eigenvalue weighted by Gasteiger charge is -2.33. The minimum Gasteiger partial charge on any atom is -0.451 e. The first kappa shape index (κ1) is 21.4. The van der Waals surface area contributed by atoms with Gasteiger partial charge < -0.3 is 9.64 Å². The number of carbonyl (C=O) groups is 2. The molecule has 8 heteroatoms. The van der Waals surface area contributed by atoms with Gasteiger partial charge in [0.05, 0.1) is 6.20 Å². The van der Waals surface area contributed by atoms with Crippen molar-refractivity contribution in [2.45, 2.75) is 43.8 Å². The standard InChI is InChI=1S/C21H26FN3O3S/c1-14-4-8-16(9-5-14)24(2)19(26)13-28-20(27)18-12-23-21(29-3)25(18)17-10-6-15(22)7-11-17/h6-7,10-12,14,16H,4-5,8-9,13H2,1-3H3. The molecule has 0 radical (unpaired) electrons. The fraction of sp³-hybridized carbons (Fsp3) is 0.476. The lowest BCUT2D eigenvalue weighted by molar-refractivity contribution is -0.136. The van der Waals surface area contributed by atoms with Crippen LogP contribution in [0.3, 0.4) is 0 Å². The Morgan fingerprint density at radius 1 is 1.24 bits per heavy atom. The number of esters is 1. The summed E-state index contributed by atoms with van der Waals surface area (Å²) in [6.45, 7) is 1.91. The van der Waals surface area contributed by atoms with Crippen molar-refractivity contribution in [3.8, 4) is 5.69 Å². The molecule has 156 valence electrons. The molecule has 0 unspecified atom stereocenters. The van der Waals surface area contributed by atoms with Gasteiger partial charge in [0.15, 0.2) is 17.5 Å². The van der Waals surface area contributed by atoms with Crippen molar-refractivity contribution in [3.05, 3.63) is 42.0 Å². The molecule has 0 aliphatic heterocycles. The Morgan fingerprint density at radius 3 is 2.52 bits per heavy atom. The number of halogens is 1. The van der Waals surface area contributed by atoms with Crippen LogP contribution < -0.4 is 0 Å². The number of hydrogen-bond donors (Lipinski definition) is 0. The summed E-state index contributed by atoms with van der Waals surface area (Å²) in [6.07, 6.45) is 7.42. The van der Waals surface area contributed by atoms with Crippen molar-refractivity contribution < 1.29 is 18.7 Å². The highest BCUT2D eigenvalue weighted by atomic mass is 32.2. The number of amides is 1. The second-order valence-corrected chi connectivity index (χ2v) is 8.21. The molecule has 1 heterocycles. The molecule has 1 aliphatic rings. The molecule has 1 aromatic heterocycles. The van der Waals surface area contributed by atoms with Crippen LogP contribution in [0, 0.1) is 11.7 Å². The molecule has 1 fully saturated rings. The molecule has 0 spiro atoms. The average Bonchev–Trinajstić information content (AvgIpc) is 3.16. The van der Waals surface area contributed by atoms with E-state index in [4.69, 9.17) is 4.74 Å². The smallest absolute Gasteiger partial charge is 0.357 e. The van der Waals surface area contributed by atoms with Gasteiger partial charge >= 0.3 is 5.97 Å². The molecule has 0 N–H and O–H groups in total. The van der Waals surface area contributed by atoms with Crippen LogP contribution >= 0.6 is 11.8 Å². The Bertz CT molecular complexity index is 861. The van der Waals surface area contributed by atoms with Crippen molar-refractivity contribution >= 4 is 23.6 Å². The van der Waals surface area contributed by atoms with Gasteiger partial charge in [0.2, 0.25) is 0 Å². The quantitative estimate of drug-likeness (QED) is 0.524. The molecular weight excluding hydrogens is 393 g/mol. The number of thioether (sulfide) groups is 1. The van der Waals surface area contributed by atoms with E-state index in [0.717, 1.165) is 25.7 Å². The van der Waals surface area contributed by atoms with Crippen molar-refractivity contribution in [3.63, 3.8) is 0 Å². The monoisotopic (exact) mass is 419 g/mol. The Hall–Kier alpha value is -2.35. The van der Waals surface area contributed by atoms with E-state index in [1.807, 2.05) is 6.26 Å². The minimum absolute atomic E-state index is 0.197. The van der Waals surface area contributed by atoms with Crippen LogP contribution in [0.4, 0.5) is 4.39 Å². The van der Waals surface area contributed by atoms with E-state index < -0.39 is 5.97 Å². The molecule has 0 bridgehead atoms. The molecular formula is C21H26FN3O3S. The second kappa shape index (κ2) is 9.43. The molecule has 2 aromatic rings. The minimum atomic E-state index is -0.638. The van der Waals surface area contributed by atoms with Crippen molar-refractivity contribution in [1.82, 2.24) is 14.5 Å². The maximum absolute atomic E-state index is 13.3. The highest BCUT2D eigenvalue weighted by Crippen LogP contribution is 2.27. The number of ether oxygens (including phenoxy) is 1. The van der Waals surface area contributed by atoms with Gasteiger partial charge in [0.1, 0.15) is 5.82 Å². The third-order valence-electron chi connectivity index (χ3n) is 5.46. The van der Waals surface area contributed by atoms with Crippen LogP contribution in [0.5, 0.6) is 0 Å². The second-order valence-electron chi connectivity index (χ2n) is 7.44. The van der Waals surface area contributed by atoms with Crippen LogP contribution in [0.1, 0.15) is 43.1 Å². The fourth-order valence-electron chi connectivity index (χ4n) is 3.60. The summed E-state index contributed by atoms with van der Waals surface area (Å²) < 4.78 is 20.2. The lowest BCUT2D eigenvalue weighted by atomic mass is 9.87. The normalized spacial score (nSPS) is 19.0. The van der Waals surface area contributed by atoms with Gasteiger partial charge in [0, 0.05) is 18.8 Å². The lowest BCUT2D eigenvalue weighted by Crippen LogP contribution is -2.41. The molecule has 0 saturated heterocycles. The maximum Gasteiger partial charge on any atom is 0.357 e. The molecule has 1 saturated carbocycles. The van der Waals surface area contributed by atoms with Gasteiger partial charge in [-0.1, -0.05) is 18.7 Å². The Kier molecular flexibility index (Phi) is 6.95. The maximum atomic E-state index is 13.3. The predicted molar refractivity (Wildman–Crippen MR) is 110 cm³/mol. The number of nitrogens with zero attached hydrogens (tertiary/aromatic N) is 3. The molecule has 1 aliphatic carbocycles. The Balaban J connectivity index is 1.67. The van der Waals surface area contributed by atoms with Crippen LogP contribution in [-0.4, -0.2) is 52.3 Å². The summed E-state index contributed by atoms with van der Waals surface area (Å²) in [7, 11) is 1.77. The SMILES string of the molecule is CSc1ncc(C(=O)OCC(=O)N(C)C2CCC(C)CC2)n1-c1ccc(F)cc1. The van der Waals surface area contributed by atoms with E-state index in [1.165, 1.54) is 30.1 Å². The van der Waals surface area contributed by atoms with E-state index in [0.29, 0.717) is 16.8 Å². The molecule has 29 heavy (non-hydrogen) atoms. The molecule has 6 nitrogen and oxygen atoms in total. The first-order valence-electron chi connectivity index (χ1n) is 9.71. The van der Waals surface area contributed by atoms with E-state index >= 15 is 0 Å². The zero-order valence-electron chi connectivity index (χ0n) is 16.9. The van der Waals surface area contributed by atoms with E-state index in [-0.39, 0.29) is 30.1 Å². The van der Waals surface area contributed by atoms with E-state index in [2.05, 4.69) is 11.9 Å². The zero-order chi connectivity index (χ0) is 21.0. The summed E-state index contributed by atoms with van der Waals surface area (Å²) in [5, 5.41) is 0.573. The highest BCUT2D eigenvalue weighted by Gasteiger charge is 2.26. The van der Waals surface area contributed by atoms with Gasteiger partial charge in [-0.25, -0.2) is 14.2 Å². The van der Waals surface area contributed by atoms with Crippen molar-refractivity contribution in [2.24, 2.45) is 5.92 Å². The molecule has 1 aromatic carbocycles. The summed E-state index contributed by atoms with van der Waals surface area (Å²) in [4.78, 5) is 31.1.